The summed E-state index contributed by atoms with van der Waals surface area (Å²) >= 11 is 1.62. The first-order chi connectivity index (χ1) is 14.1. The molecule has 0 radical (unpaired) electrons. The molecule has 3 aromatic rings. The van der Waals surface area contributed by atoms with Crippen LogP contribution in [0.2, 0.25) is 0 Å². The van der Waals surface area contributed by atoms with Gasteiger partial charge in [-0.3, -0.25) is 19.8 Å². The van der Waals surface area contributed by atoms with Crippen molar-refractivity contribution in [2.24, 2.45) is 0 Å². The third-order valence-corrected chi connectivity index (χ3v) is 5.76. The van der Waals surface area contributed by atoms with Gasteiger partial charge in [-0.05, 0) is 46.9 Å². The number of benzene rings is 1. The van der Waals surface area contributed by atoms with Crippen molar-refractivity contribution in [1.29, 1.82) is 0 Å². The molecule has 4 rings (SSSR count). The highest BCUT2D eigenvalue weighted by Gasteiger charge is 2.26. The van der Waals surface area contributed by atoms with E-state index in [-0.39, 0.29) is 11.9 Å². The lowest BCUT2D eigenvalue weighted by Gasteiger charge is -2.35. The van der Waals surface area contributed by atoms with Crippen LogP contribution in [0.5, 0.6) is 0 Å². The van der Waals surface area contributed by atoms with Crippen LogP contribution >= 0.6 is 11.3 Å². The molecule has 3 heterocycles. The summed E-state index contributed by atoms with van der Waals surface area (Å²) in [6, 6.07) is 12.1. The SMILES string of the molecule is Cc1cc(NC(=O)C(=O)NCC(c2ccsc2)N2CCc3ccccc3C2)no1. The van der Waals surface area contributed by atoms with Crippen molar-refractivity contribution in [2.75, 3.05) is 18.4 Å². The van der Waals surface area contributed by atoms with Crippen molar-refractivity contribution in [3.8, 4) is 0 Å². The standard InChI is InChI=1S/C21H22N4O3S/c1-14-10-19(24-28-14)23-21(27)20(26)22-11-18(17-7-9-29-13-17)25-8-6-15-4-2-3-5-16(15)12-25/h2-5,7,9-10,13,18H,6,8,11-12H2,1H3,(H,22,26)(H,23,24,27). The fourth-order valence-corrected chi connectivity index (χ4v) is 4.28. The minimum Gasteiger partial charge on any atom is -0.360 e. The summed E-state index contributed by atoms with van der Waals surface area (Å²) < 4.78 is 4.90. The van der Waals surface area contributed by atoms with E-state index in [2.05, 4.69) is 56.4 Å². The van der Waals surface area contributed by atoms with Gasteiger partial charge >= 0.3 is 11.8 Å². The van der Waals surface area contributed by atoms with Crippen molar-refractivity contribution in [2.45, 2.75) is 25.9 Å². The van der Waals surface area contributed by atoms with Gasteiger partial charge in [0.2, 0.25) is 0 Å². The molecule has 2 aromatic heterocycles. The van der Waals surface area contributed by atoms with E-state index in [0.29, 0.717) is 12.3 Å². The molecular formula is C21H22N4O3S. The van der Waals surface area contributed by atoms with Crippen LogP contribution in [0.25, 0.3) is 0 Å². The fraction of sp³-hybridized carbons (Fsp3) is 0.286. The minimum atomic E-state index is -0.758. The number of amides is 2. The van der Waals surface area contributed by atoms with Gasteiger partial charge in [-0.15, -0.1) is 0 Å². The molecule has 1 unspecified atom stereocenters. The van der Waals surface area contributed by atoms with Crippen LogP contribution in [-0.4, -0.2) is 35.0 Å². The Bertz CT molecular complexity index is 999. The Kier molecular flexibility index (Phi) is 5.73. The molecule has 8 heteroatoms. The van der Waals surface area contributed by atoms with E-state index in [1.54, 1.807) is 24.3 Å². The summed E-state index contributed by atoms with van der Waals surface area (Å²) in [5, 5.41) is 13.0. The normalized spacial score (nSPS) is 14.8. The van der Waals surface area contributed by atoms with E-state index in [4.69, 9.17) is 4.52 Å². The molecule has 0 spiro atoms. The van der Waals surface area contributed by atoms with Gasteiger partial charge < -0.3 is 9.84 Å². The molecule has 0 bridgehead atoms. The number of nitrogens with one attached hydrogen (secondary N) is 2. The van der Waals surface area contributed by atoms with Gasteiger partial charge in [0, 0.05) is 25.7 Å². The number of aryl methyl sites for hydroxylation is 1. The number of thiophene rings is 1. The topological polar surface area (TPSA) is 87.5 Å². The average molecular weight is 410 g/mol. The van der Waals surface area contributed by atoms with E-state index in [1.165, 1.54) is 11.1 Å². The average Bonchev–Trinajstić information content (AvgIpc) is 3.40. The van der Waals surface area contributed by atoms with Crippen molar-refractivity contribution in [1.82, 2.24) is 15.4 Å². The number of hydrogen-bond acceptors (Lipinski definition) is 6. The van der Waals surface area contributed by atoms with E-state index >= 15 is 0 Å². The van der Waals surface area contributed by atoms with Crippen LogP contribution in [0.4, 0.5) is 5.82 Å². The van der Waals surface area contributed by atoms with Crippen LogP contribution < -0.4 is 10.6 Å². The van der Waals surface area contributed by atoms with Gasteiger partial charge in [0.05, 0.1) is 6.04 Å². The summed E-state index contributed by atoms with van der Waals surface area (Å²) in [5.41, 5.74) is 3.82. The molecule has 1 atom stereocenters. The Balaban J connectivity index is 1.42. The smallest absolute Gasteiger partial charge is 0.314 e. The number of hydrogen-bond donors (Lipinski definition) is 2. The first kappa shape index (κ1) is 19.4. The first-order valence-electron chi connectivity index (χ1n) is 9.45. The molecule has 29 heavy (non-hydrogen) atoms. The molecule has 1 aliphatic heterocycles. The van der Waals surface area contributed by atoms with Crippen molar-refractivity contribution in [3.05, 3.63) is 69.6 Å². The molecule has 0 aliphatic carbocycles. The highest BCUT2D eigenvalue weighted by atomic mass is 32.1. The predicted molar refractivity (Wildman–Crippen MR) is 110 cm³/mol. The van der Waals surface area contributed by atoms with Crippen LogP contribution in [-0.2, 0) is 22.6 Å². The maximum Gasteiger partial charge on any atom is 0.314 e. The van der Waals surface area contributed by atoms with Gasteiger partial charge in [0.15, 0.2) is 5.82 Å². The lowest BCUT2D eigenvalue weighted by molar-refractivity contribution is -0.136. The lowest BCUT2D eigenvalue weighted by atomic mass is 9.97. The number of anilines is 1. The number of nitrogens with zero attached hydrogens (tertiary/aromatic N) is 2. The van der Waals surface area contributed by atoms with Crippen molar-refractivity contribution in [3.63, 3.8) is 0 Å². The maximum absolute atomic E-state index is 12.3. The summed E-state index contributed by atoms with van der Waals surface area (Å²) in [4.78, 5) is 26.8. The van der Waals surface area contributed by atoms with Gasteiger partial charge in [-0.1, -0.05) is 29.4 Å². The second kappa shape index (κ2) is 8.59. The molecule has 150 valence electrons. The molecule has 7 nitrogen and oxygen atoms in total. The quantitative estimate of drug-likeness (QED) is 0.632. The predicted octanol–water partition coefficient (Wildman–Crippen LogP) is 2.90. The van der Waals surface area contributed by atoms with Crippen LogP contribution in [0, 0.1) is 6.92 Å². The Morgan fingerprint density at radius 3 is 2.79 bits per heavy atom. The largest absolute Gasteiger partial charge is 0.360 e. The minimum absolute atomic E-state index is 0.000603. The van der Waals surface area contributed by atoms with Crippen molar-refractivity contribution < 1.29 is 14.1 Å². The highest BCUT2D eigenvalue weighted by Crippen LogP contribution is 2.28. The van der Waals surface area contributed by atoms with E-state index in [0.717, 1.165) is 25.1 Å². The van der Waals surface area contributed by atoms with Crippen molar-refractivity contribution >= 4 is 29.0 Å². The van der Waals surface area contributed by atoms with E-state index in [1.807, 2.05) is 5.38 Å². The Morgan fingerprint density at radius 1 is 1.24 bits per heavy atom. The monoisotopic (exact) mass is 410 g/mol. The second-order valence-electron chi connectivity index (χ2n) is 7.05. The fourth-order valence-electron chi connectivity index (χ4n) is 3.57. The van der Waals surface area contributed by atoms with Gasteiger partial charge in [0.25, 0.3) is 0 Å². The zero-order valence-corrected chi connectivity index (χ0v) is 16.9. The van der Waals surface area contributed by atoms with Crippen LogP contribution in [0.15, 0.2) is 51.7 Å². The first-order valence-corrected chi connectivity index (χ1v) is 10.4. The Hall–Kier alpha value is -2.97. The van der Waals surface area contributed by atoms with Gasteiger partial charge in [-0.2, -0.15) is 11.3 Å². The van der Waals surface area contributed by atoms with E-state index < -0.39 is 11.8 Å². The number of fused-ring (bicyclic) bond motifs is 1. The molecule has 2 N–H and O–H groups in total. The Morgan fingerprint density at radius 2 is 2.07 bits per heavy atom. The Labute approximate surface area is 172 Å². The third kappa shape index (κ3) is 4.55. The summed E-state index contributed by atoms with van der Waals surface area (Å²) in [6.07, 6.45) is 0.969. The molecule has 1 aromatic carbocycles. The number of carbonyl (C=O) groups excluding carboxylic acids is 2. The molecule has 1 aliphatic rings. The lowest BCUT2D eigenvalue weighted by Crippen LogP contribution is -2.43. The van der Waals surface area contributed by atoms with Gasteiger partial charge in [-0.25, -0.2) is 0 Å². The third-order valence-electron chi connectivity index (χ3n) is 5.06. The molecule has 2 amide bonds. The maximum atomic E-state index is 12.3. The van der Waals surface area contributed by atoms with E-state index in [9.17, 15) is 9.59 Å². The number of aromatic nitrogens is 1. The molecular weight excluding hydrogens is 388 g/mol. The summed E-state index contributed by atoms with van der Waals surface area (Å²) in [7, 11) is 0. The molecule has 0 saturated heterocycles. The number of rotatable bonds is 5. The zero-order chi connectivity index (χ0) is 20.2. The van der Waals surface area contributed by atoms with Crippen LogP contribution in [0.3, 0.4) is 0 Å². The summed E-state index contributed by atoms with van der Waals surface area (Å²) in [6.45, 7) is 3.78. The highest BCUT2D eigenvalue weighted by molar-refractivity contribution is 7.08. The molecule has 0 fully saturated rings. The number of carbonyl (C=O) groups is 2. The van der Waals surface area contributed by atoms with Gasteiger partial charge in [0.1, 0.15) is 5.76 Å². The zero-order valence-electron chi connectivity index (χ0n) is 16.1. The van der Waals surface area contributed by atoms with Crippen LogP contribution in [0.1, 0.15) is 28.5 Å². The second-order valence-corrected chi connectivity index (χ2v) is 7.83. The summed E-state index contributed by atoms with van der Waals surface area (Å²) in [5.74, 6) is -0.664. The molecule has 0 saturated carbocycles.